The second-order valence-electron chi connectivity index (χ2n) is 4.76. The number of nitrogens with zero attached hydrogens (tertiary/aromatic N) is 3. The standard InChI is InChI=1S/C13H16Cl2N4/c1-9(2)6-16-7-11-8-17-18-19(11)10-3-4-12(14)13(15)5-10/h3-5,8-9,16H,6-7H2,1-2H3. The average molecular weight is 299 g/mol. The number of aromatic nitrogens is 3. The van der Waals surface area contributed by atoms with E-state index in [-0.39, 0.29) is 0 Å². The number of nitrogens with one attached hydrogen (secondary N) is 1. The Morgan fingerprint density at radius 1 is 1.26 bits per heavy atom. The molecular weight excluding hydrogens is 283 g/mol. The van der Waals surface area contributed by atoms with Crippen LogP contribution in [0.5, 0.6) is 0 Å². The molecule has 102 valence electrons. The van der Waals surface area contributed by atoms with E-state index in [1.807, 2.05) is 6.07 Å². The highest BCUT2D eigenvalue weighted by molar-refractivity contribution is 6.42. The summed E-state index contributed by atoms with van der Waals surface area (Å²) in [6, 6.07) is 5.41. The van der Waals surface area contributed by atoms with Crippen LogP contribution in [0.4, 0.5) is 0 Å². The van der Waals surface area contributed by atoms with Crippen molar-refractivity contribution in [2.45, 2.75) is 20.4 Å². The van der Waals surface area contributed by atoms with Gasteiger partial charge in [0.25, 0.3) is 0 Å². The van der Waals surface area contributed by atoms with Gasteiger partial charge in [-0.3, -0.25) is 0 Å². The zero-order valence-corrected chi connectivity index (χ0v) is 12.4. The maximum absolute atomic E-state index is 6.02. The predicted molar refractivity (Wildman–Crippen MR) is 77.9 cm³/mol. The molecule has 2 rings (SSSR count). The molecule has 2 aromatic rings. The molecule has 0 aliphatic heterocycles. The molecule has 0 bridgehead atoms. The van der Waals surface area contributed by atoms with Gasteiger partial charge in [-0.25, -0.2) is 4.68 Å². The molecule has 1 aromatic carbocycles. The molecule has 0 fully saturated rings. The van der Waals surface area contributed by atoms with Crippen molar-refractivity contribution in [2.75, 3.05) is 6.54 Å². The molecule has 0 amide bonds. The zero-order chi connectivity index (χ0) is 13.8. The lowest BCUT2D eigenvalue weighted by molar-refractivity contribution is 0.542. The fraction of sp³-hybridized carbons (Fsp3) is 0.385. The third-order valence-corrected chi connectivity index (χ3v) is 3.37. The third kappa shape index (κ3) is 3.69. The van der Waals surface area contributed by atoms with Crippen LogP contribution >= 0.6 is 23.2 Å². The molecule has 0 atom stereocenters. The minimum Gasteiger partial charge on any atom is -0.311 e. The third-order valence-electron chi connectivity index (χ3n) is 2.63. The van der Waals surface area contributed by atoms with Gasteiger partial charge in [0.05, 0.1) is 27.6 Å². The molecule has 19 heavy (non-hydrogen) atoms. The van der Waals surface area contributed by atoms with E-state index in [0.29, 0.717) is 22.5 Å². The number of benzene rings is 1. The molecule has 1 N–H and O–H groups in total. The van der Waals surface area contributed by atoms with E-state index in [0.717, 1.165) is 17.9 Å². The molecule has 0 saturated heterocycles. The van der Waals surface area contributed by atoms with E-state index in [2.05, 4.69) is 29.5 Å². The summed E-state index contributed by atoms with van der Waals surface area (Å²) in [4.78, 5) is 0. The van der Waals surface area contributed by atoms with Crippen molar-refractivity contribution >= 4 is 23.2 Å². The van der Waals surface area contributed by atoms with Crippen molar-refractivity contribution in [1.82, 2.24) is 20.3 Å². The van der Waals surface area contributed by atoms with Crippen molar-refractivity contribution in [3.8, 4) is 5.69 Å². The Morgan fingerprint density at radius 3 is 2.74 bits per heavy atom. The van der Waals surface area contributed by atoms with Crippen LogP contribution in [-0.2, 0) is 6.54 Å². The smallest absolute Gasteiger partial charge is 0.0783 e. The van der Waals surface area contributed by atoms with Gasteiger partial charge in [-0.2, -0.15) is 0 Å². The van der Waals surface area contributed by atoms with Crippen molar-refractivity contribution in [3.05, 3.63) is 40.1 Å². The SMILES string of the molecule is CC(C)CNCc1cnnn1-c1ccc(Cl)c(Cl)c1. The second-order valence-corrected chi connectivity index (χ2v) is 5.57. The first-order chi connectivity index (χ1) is 9.08. The first-order valence-electron chi connectivity index (χ1n) is 6.13. The molecule has 0 aliphatic carbocycles. The van der Waals surface area contributed by atoms with Gasteiger partial charge in [0, 0.05) is 6.54 Å². The largest absolute Gasteiger partial charge is 0.311 e. The Balaban J connectivity index is 2.16. The second kappa shape index (κ2) is 6.37. The Kier molecular flexibility index (Phi) is 4.80. The maximum atomic E-state index is 6.02. The minimum atomic E-state index is 0.510. The summed E-state index contributed by atoms with van der Waals surface area (Å²) < 4.78 is 1.76. The van der Waals surface area contributed by atoms with Gasteiger partial charge >= 0.3 is 0 Å². The van der Waals surface area contributed by atoms with Gasteiger partial charge in [-0.15, -0.1) is 5.10 Å². The molecule has 0 radical (unpaired) electrons. The maximum Gasteiger partial charge on any atom is 0.0783 e. The first kappa shape index (κ1) is 14.3. The van der Waals surface area contributed by atoms with Crippen molar-refractivity contribution in [2.24, 2.45) is 5.92 Å². The highest BCUT2D eigenvalue weighted by Crippen LogP contribution is 2.24. The van der Waals surface area contributed by atoms with E-state index in [4.69, 9.17) is 23.2 Å². The van der Waals surface area contributed by atoms with Crippen molar-refractivity contribution in [3.63, 3.8) is 0 Å². The fourth-order valence-electron chi connectivity index (χ4n) is 1.70. The Morgan fingerprint density at radius 2 is 2.05 bits per heavy atom. The van der Waals surface area contributed by atoms with Crippen molar-refractivity contribution in [1.29, 1.82) is 0 Å². The Hall–Kier alpha value is -1.10. The molecule has 6 heteroatoms. The summed E-state index contributed by atoms with van der Waals surface area (Å²) in [5.41, 5.74) is 1.84. The van der Waals surface area contributed by atoms with Crippen LogP contribution < -0.4 is 5.32 Å². The monoisotopic (exact) mass is 298 g/mol. The van der Waals surface area contributed by atoms with Crippen LogP contribution in [0, 0.1) is 5.92 Å². The lowest BCUT2D eigenvalue weighted by Crippen LogP contribution is -2.20. The predicted octanol–water partition coefficient (Wildman–Crippen LogP) is 3.32. The quantitative estimate of drug-likeness (QED) is 0.921. The molecule has 1 heterocycles. The van der Waals surface area contributed by atoms with E-state index >= 15 is 0 Å². The van der Waals surface area contributed by atoms with Crippen LogP contribution in [0.2, 0.25) is 10.0 Å². The topological polar surface area (TPSA) is 42.7 Å². The van der Waals surface area contributed by atoms with Gasteiger partial charge in [-0.05, 0) is 30.7 Å². The molecule has 4 nitrogen and oxygen atoms in total. The van der Waals surface area contributed by atoms with Gasteiger partial charge in [0.2, 0.25) is 0 Å². The lowest BCUT2D eigenvalue weighted by atomic mass is 10.2. The summed E-state index contributed by atoms with van der Waals surface area (Å²) in [5.74, 6) is 0.606. The molecular formula is C13H16Cl2N4. The Labute approximate surface area is 122 Å². The normalized spacial score (nSPS) is 11.2. The van der Waals surface area contributed by atoms with Crippen LogP contribution in [0.25, 0.3) is 5.69 Å². The number of hydrogen-bond donors (Lipinski definition) is 1. The number of halogens is 2. The van der Waals surface area contributed by atoms with Gasteiger partial charge in [0.1, 0.15) is 0 Å². The van der Waals surface area contributed by atoms with Crippen LogP contribution in [0.15, 0.2) is 24.4 Å². The molecule has 0 spiro atoms. The van der Waals surface area contributed by atoms with E-state index in [9.17, 15) is 0 Å². The van der Waals surface area contributed by atoms with Crippen LogP contribution in [0.1, 0.15) is 19.5 Å². The van der Waals surface area contributed by atoms with E-state index in [1.54, 1.807) is 23.0 Å². The summed E-state index contributed by atoms with van der Waals surface area (Å²) in [7, 11) is 0. The molecule has 1 aromatic heterocycles. The van der Waals surface area contributed by atoms with Crippen LogP contribution in [0.3, 0.4) is 0 Å². The summed E-state index contributed by atoms with van der Waals surface area (Å²) in [6.07, 6.45) is 1.75. The number of rotatable bonds is 5. The zero-order valence-electron chi connectivity index (χ0n) is 10.9. The van der Waals surface area contributed by atoms with Crippen LogP contribution in [-0.4, -0.2) is 21.5 Å². The molecule has 0 aliphatic rings. The minimum absolute atomic E-state index is 0.510. The van der Waals surface area contributed by atoms with Crippen molar-refractivity contribution < 1.29 is 0 Å². The lowest BCUT2D eigenvalue weighted by Gasteiger charge is -2.09. The summed E-state index contributed by atoms with van der Waals surface area (Å²) in [6.45, 7) is 6.00. The summed E-state index contributed by atoms with van der Waals surface area (Å²) >= 11 is 11.9. The molecule has 0 unspecified atom stereocenters. The van der Waals surface area contributed by atoms with Gasteiger partial charge in [-0.1, -0.05) is 42.3 Å². The Bertz CT molecular complexity index is 551. The fourth-order valence-corrected chi connectivity index (χ4v) is 1.99. The summed E-state index contributed by atoms with van der Waals surface area (Å²) in [5, 5.41) is 12.4. The first-order valence-corrected chi connectivity index (χ1v) is 6.89. The molecule has 0 saturated carbocycles. The van der Waals surface area contributed by atoms with E-state index in [1.165, 1.54) is 0 Å². The van der Waals surface area contributed by atoms with Gasteiger partial charge in [0.15, 0.2) is 0 Å². The highest BCUT2D eigenvalue weighted by atomic mass is 35.5. The average Bonchev–Trinajstić information content (AvgIpc) is 2.80. The van der Waals surface area contributed by atoms with E-state index < -0.39 is 0 Å². The highest BCUT2D eigenvalue weighted by Gasteiger charge is 2.08. The number of hydrogen-bond acceptors (Lipinski definition) is 3. The van der Waals surface area contributed by atoms with Gasteiger partial charge < -0.3 is 5.32 Å².